The number of ether oxygens (including phenoxy) is 2. The maximum Gasteiger partial charge on any atom is 0.312 e. The Morgan fingerprint density at radius 3 is 2.36 bits per heavy atom. The topological polar surface area (TPSA) is 96.4 Å². The van der Waals surface area contributed by atoms with Gasteiger partial charge < -0.3 is 24.4 Å². The molecule has 2 bridgehead atoms. The zero-order chi connectivity index (χ0) is 31.8. The van der Waals surface area contributed by atoms with Crippen LogP contribution in [0.4, 0.5) is 0 Å². The summed E-state index contributed by atoms with van der Waals surface area (Å²) in [4.78, 5) is 46.7. The lowest BCUT2D eigenvalue weighted by Gasteiger charge is -2.47. The fourth-order valence-corrected chi connectivity index (χ4v) is 8.25. The number of carbonyl (C=O) groups excluding carboxylic acids is 3. The van der Waals surface area contributed by atoms with Crippen molar-refractivity contribution in [2.45, 2.75) is 123 Å². The van der Waals surface area contributed by atoms with Crippen LogP contribution in [-0.2, 0) is 23.9 Å². The third-order valence-electron chi connectivity index (χ3n) is 9.87. The van der Waals surface area contributed by atoms with E-state index in [1.807, 2.05) is 52.5 Å². The van der Waals surface area contributed by atoms with E-state index in [2.05, 4.69) is 33.9 Å². The van der Waals surface area contributed by atoms with Crippen LogP contribution in [0.5, 0.6) is 0 Å². The molecule has 0 aromatic heterocycles. The number of amides is 2. The van der Waals surface area contributed by atoms with Crippen molar-refractivity contribution in [3.05, 3.63) is 25.3 Å². The molecule has 7 atom stereocenters. The highest BCUT2D eigenvalue weighted by atomic mass is 16.6. The lowest BCUT2D eigenvalue weighted by molar-refractivity contribution is -0.165. The Morgan fingerprint density at radius 1 is 1.19 bits per heavy atom. The molecule has 8 heteroatoms. The van der Waals surface area contributed by atoms with Crippen LogP contribution < -0.4 is 0 Å². The van der Waals surface area contributed by atoms with Gasteiger partial charge in [-0.1, -0.05) is 53.7 Å². The van der Waals surface area contributed by atoms with E-state index in [1.165, 1.54) is 0 Å². The smallest absolute Gasteiger partial charge is 0.312 e. The minimum Gasteiger partial charge on any atom is -0.465 e. The number of hydrogen-bond acceptors (Lipinski definition) is 6. The Bertz CT molecular complexity index is 1050. The summed E-state index contributed by atoms with van der Waals surface area (Å²) in [5.41, 5.74) is -2.77. The third kappa shape index (κ3) is 5.95. The first kappa shape index (κ1) is 34.3. The molecule has 0 radical (unpaired) electrons. The largest absolute Gasteiger partial charge is 0.465 e. The summed E-state index contributed by atoms with van der Waals surface area (Å²) in [6.45, 7) is 26.3. The van der Waals surface area contributed by atoms with Gasteiger partial charge in [-0.05, 0) is 70.1 Å². The van der Waals surface area contributed by atoms with Crippen LogP contribution in [0, 0.1) is 29.1 Å². The van der Waals surface area contributed by atoms with E-state index in [4.69, 9.17) is 9.47 Å². The number of fused-ring (bicyclic) bond motifs is 1. The average Bonchev–Trinajstić information content (AvgIpc) is 3.37. The summed E-state index contributed by atoms with van der Waals surface area (Å²) in [6.07, 6.45) is 7.14. The molecule has 3 heterocycles. The molecule has 0 saturated carbocycles. The first-order valence-corrected chi connectivity index (χ1v) is 15.8. The van der Waals surface area contributed by atoms with Crippen LogP contribution in [0.25, 0.3) is 0 Å². The van der Waals surface area contributed by atoms with Crippen LogP contribution in [0.1, 0.15) is 94.4 Å². The molecule has 3 rings (SSSR count). The van der Waals surface area contributed by atoms with Gasteiger partial charge in [0.1, 0.15) is 17.6 Å². The van der Waals surface area contributed by atoms with Crippen molar-refractivity contribution in [3.63, 3.8) is 0 Å². The van der Waals surface area contributed by atoms with Crippen molar-refractivity contribution < 1.29 is 29.0 Å². The highest BCUT2D eigenvalue weighted by Gasteiger charge is 2.81. The fraction of sp³-hybridized carbons (Fsp3) is 0.794. The summed E-state index contributed by atoms with van der Waals surface area (Å²) in [5.74, 6) is -2.89. The van der Waals surface area contributed by atoms with Gasteiger partial charge in [0, 0.05) is 12.1 Å². The highest BCUT2D eigenvalue weighted by molar-refractivity contribution is 5.99. The number of hydrogen-bond donors (Lipinski definition) is 1. The maximum absolute atomic E-state index is 15.0. The molecule has 3 aliphatic heterocycles. The highest BCUT2D eigenvalue weighted by Crippen LogP contribution is 2.66. The fourth-order valence-electron chi connectivity index (χ4n) is 8.25. The summed E-state index contributed by atoms with van der Waals surface area (Å²) in [7, 11) is 0. The van der Waals surface area contributed by atoms with Crippen molar-refractivity contribution >= 4 is 17.8 Å². The average molecular weight is 589 g/mol. The molecular formula is C34H56N2O6. The number of rotatable bonds is 14. The predicted molar refractivity (Wildman–Crippen MR) is 164 cm³/mol. The SMILES string of the molecule is C=CCCCCOC(=O)[C@@H]1[C@H]2C(=O)N([C@@H](CO)C(C)C)C(C(=O)N(CC=C)C(C)(C)CC(C)(C)C)C23CC(C)[C@@]1(C)O3. The van der Waals surface area contributed by atoms with Gasteiger partial charge in [-0.2, -0.15) is 0 Å². The van der Waals surface area contributed by atoms with Crippen LogP contribution in [0.2, 0.25) is 0 Å². The molecule has 42 heavy (non-hydrogen) atoms. The zero-order valence-electron chi connectivity index (χ0n) is 27.6. The van der Waals surface area contributed by atoms with E-state index in [1.54, 1.807) is 11.0 Å². The molecule has 0 aromatic carbocycles. The lowest BCUT2D eigenvalue weighted by Crippen LogP contribution is -2.63. The molecule has 238 valence electrons. The lowest BCUT2D eigenvalue weighted by atomic mass is 9.62. The Balaban J connectivity index is 2.13. The molecule has 3 unspecified atom stereocenters. The first-order chi connectivity index (χ1) is 19.4. The number of esters is 1. The minimum atomic E-state index is -1.20. The zero-order valence-corrected chi connectivity index (χ0v) is 27.6. The quantitative estimate of drug-likeness (QED) is 0.171. The minimum absolute atomic E-state index is 0.0639. The Labute approximate surface area is 253 Å². The van der Waals surface area contributed by atoms with Gasteiger partial charge in [0.15, 0.2) is 0 Å². The Kier molecular flexibility index (Phi) is 10.2. The number of aliphatic hydroxyl groups is 1. The third-order valence-corrected chi connectivity index (χ3v) is 9.87. The molecule has 1 N–H and O–H groups in total. The number of carbonyl (C=O) groups is 3. The summed E-state index contributed by atoms with van der Waals surface area (Å²) in [5, 5.41) is 10.5. The van der Waals surface area contributed by atoms with E-state index in [9.17, 15) is 19.5 Å². The van der Waals surface area contributed by atoms with Crippen LogP contribution >= 0.6 is 0 Å². The van der Waals surface area contributed by atoms with Crippen molar-refractivity contribution in [2.24, 2.45) is 29.1 Å². The van der Waals surface area contributed by atoms with Crippen molar-refractivity contribution in [1.82, 2.24) is 9.80 Å². The van der Waals surface area contributed by atoms with Gasteiger partial charge in [-0.25, -0.2) is 0 Å². The van der Waals surface area contributed by atoms with E-state index < -0.39 is 46.6 Å². The van der Waals surface area contributed by atoms with Crippen LogP contribution in [0.3, 0.4) is 0 Å². The molecule has 2 amide bonds. The maximum atomic E-state index is 15.0. The molecule has 3 saturated heterocycles. The van der Waals surface area contributed by atoms with Crippen LogP contribution in [-0.4, -0.2) is 81.3 Å². The Hall–Kier alpha value is -2.19. The Morgan fingerprint density at radius 2 is 1.83 bits per heavy atom. The number of likely N-dealkylation sites (tertiary alicyclic amines) is 1. The summed E-state index contributed by atoms with van der Waals surface area (Å²) in [6, 6.07) is -1.59. The normalized spacial score (nSPS) is 31.3. The van der Waals surface area contributed by atoms with Crippen LogP contribution in [0.15, 0.2) is 25.3 Å². The summed E-state index contributed by atoms with van der Waals surface area (Å²) >= 11 is 0. The molecule has 0 aliphatic carbocycles. The second kappa shape index (κ2) is 12.4. The van der Waals surface area contributed by atoms with E-state index in [-0.39, 0.29) is 42.3 Å². The van der Waals surface area contributed by atoms with Gasteiger partial charge in [0.25, 0.3) is 0 Å². The molecule has 0 aromatic rings. The van der Waals surface area contributed by atoms with Gasteiger partial charge in [0.05, 0.1) is 30.8 Å². The van der Waals surface area contributed by atoms with E-state index in [0.29, 0.717) is 19.4 Å². The number of nitrogens with zero attached hydrogens (tertiary/aromatic N) is 2. The molecule has 3 fully saturated rings. The van der Waals surface area contributed by atoms with E-state index >= 15 is 0 Å². The molecule has 3 aliphatic rings. The van der Waals surface area contributed by atoms with Gasteiger partial charge in [-0.3, -0.25) is 14.4 Å². The van der Waals surface area contributed by atoms with Gasteiger partial charge in [0.2, 0.25) is 11.8 Å². The molecular weight excluding hydrogens is 532 g/mol. The first-order valence-electron chi connectivity index (χ1n) is 15.8. The number of unbranched alkanes of at least 4 members (excludes halogenated alkanes) is 2. The molecule has 8 nitrogen and oxygen atoms in total. The van der Waals surface area contributed by atoms with Crippen molar-refractivity contribution in [2.75, 3.05) is 19.8 Å². The number of aliphatic hydroxyl groups excluding tert-OH is 1. The van der Waals surface area contributed by atoms with Crippen molar-refractivity contribution in [1.29, 1.82) is 0 Å². The second-order valence-electron chi connectivity index (χ2n) is 15.2. The van der Waals surface area contributed by atoms with Gasteiger partial charge >= 0.3 is 5.97 Å². The second-order valence-corrected chi connectivity index (χ2v) is 15.2. The van der Waals surface area contributed by atoms with Gasteiger partial charge in [-0.15, -0.1) is 13.2 Å². The standard InChI is InChI=1S/C34H56N2O6/c1-12-14-15-16-18-41-30(40)26-25-28(38)36(24(20-37)22(3)4)27(34(25)19-23(5)33(26,11)42-34)29(39)35(17-13-2)32(9,10)21-31(6,7)8/h12-13,22-27,37H,1-2,14-21H2,3-11H3/t23?,24-,25-,26-,27?,33+,34?/m0/s1. The molecule has 1 spiro atoms. The monoisotopic (exact) mass is 588 g/mol. The summed E-state index contributed by atoms with van der Waals surface area (Å²) < 4.78 is 12.7. The van der Waals surface area contributed by atoms with Crippen molar-refractivity contribution in [3.8, 4) is 0 Å². The number of allylic oxidation sites excluding steroid dienone is 1. The predicted octanol–water partition coefficient (Wildman–Crippen LogP) is 5.14. The van der Waals surface area contributed by atoms with E-state index in [0.717, 1.165) is 19.3 Å².